The highest BCUT2D eigenvalue weighted by Gasteiger charge is 2.23. The number of fused-ring (bicyclic) bond motifs is 3. The molecule has 0 bridgehead atoms. The Kier molecular flexibility index (Phi) is 5.79. The molecule has 146 valence electrons. The maximum absolute atomic E-state index is 13.2. The molecule has 1 aliphatic rings. The number of nitrogens with one attached hydrogen (secondary N) is 1. The highest BCUT2D eigenvalue weighted by Crippen LogP contribution is 2.35. The average Bonchev–Trinajstić information content (AvgIpc) is 3.27. The second-order valence-corrected chi connectivity index (χ2v) is 8.61. The first-order chi connectivity index (χ1) is 13.7. The fourth-order valence-corrected chi connectivity index (χ4v) is 5.52. The minimum absolute atomic E-state index is 0.0209. The molecule has 2 aromatic heterocycles. The van der Waals surface area contributed by atoms with Crippen molar-refractivity contribution in [3.63, 3.8) is 0 Å². The lowest BCUT2D eigenvalue weighted by Gasteiger charge is -2.12. The van der Waals surface area contributed by atoms with Crippen molar-refractivity contribution < 1.29 is 9.53 Å². The zero-order valence-corrected chi connectivity index (χ0v) is 17.2. The van der Waals surface area contributed by atoms with E-state index in [1.807, 2.05) is 30.3 Å². The van der Waals surface area contributed by atoms with Crippen LogP contribution >= 0.6 is 23.1 Å². The number of rotatable bonds is 7. The zero-order chi connectivity index (χ0) is 19.5. The van der Waals surface area contributed by atoms with Gasteiger partial charge < -0.3 is 10.1 Å². The maximum Gasteiger partial charge on any atom is 0.263 e. The fourth-order valence-electron chi connectivity index (χ4n) is 3.40. The number of aryl methyl sites for hydroxylation is 2. The highest BCUT2D eigenvalue weighted by molar-refractivity contribution is 7.99. The van der Waals surface area contributed by atoms with Crippen molar-refractivity contribution in [2.45, 2.75) is 31.0 Å². The normalized spacial score (nSPS) is 13.0. The van der Waals surface area contributed by atoms with E-state index in [0.29, 0.717) is 18.3 Å². The van der Waals surface area contributed by atoms with E-state index in [1.165, 1.54) is 22.2 Å². The number of amides is 1. The number of aromatic nitrogens is 2. The Morgan fingerprint density at radius 1 is 1.32 bits per heavy atom. The number of para-hydroxylation sites is 1. The van der Waals surface area contributed by atoms with Gasteiger partial charge in [-0.15, -0.1) is 11.3 Å². The quantitative estimate of drug-likeness (QED) is 0.473. The molecule has 3 aromatic rings. The molecular formula is C20H21N3O3S2. The number of nitrogens with zero attached hydrogens (tertiary/aromatic N) is 2. The summed E-state index contributed by atoms with van der Waals surface area (Å²) in [6, 6.07) is 9.33. The lowest BCUT2D eigenvalue weighted by Crippen LogP contribution is -2.26. The summed E-state index contributed by atoms with van der Waals surface area (Å²) in [4.78, 5) is 32.3. The molecule has 6 nitrogen and oxygen atoms in total. The van der Waals surface area contributed by atoms with Gasteiger partial charge in [-0.3, -0.25) is 14.2 Å². The number of carbonyl (C=O) groups is 1. The summed E-state index contributed by atoms with van der Waals surface area (Å²) in [7, 11) is 1.61. The van der Waals surface area contributed by atoms with Crippen LogP contribution in [0.1, 0.15) is 16.9 Å². The van der Waals surface area contributed by atoms with Gasteiger partial charge in [0, 0.05) is 17.7 Å². The molecule has 0 saturated heterocycles. The Morgan fingerprint density at radius 3 is 2.93 bits per heavy atom. The number of hydrogen-bond donors (Lipinski definition) is 1. The van der Waals surface area contributed by atoms with Crippen molar-refractivity contribution >= 4 is 44.9 Å². The van der Waals surface area contributed by atoms with Crippen LogP contribution in [0, 0.1) is 0 Å². The highest BCUT2D eigenvalue weighted by atomic mass is 32.2. The number of methoxy groups -OCH3 is 1. The first kappa shape index (κ1) is 19.2. The van der Waals surface area contributed by atoms with Gasteiger partial charge in [-0.25, -0.2) is 4.98 Å². The number of anilines is 1. The molecule has 28 heavy (non-hydrogen) atoms. The Labute approximate surface area is 170 Å². The molecule has 2 heterocycles. The van der Waals surface area contributed by atoms with Crippen molar-refractivity contribution in [3.8, 4) is 0 Å². The molecule has 1 amide bonds. The standard InChI is InChI=1S/C20H21N3O3S2/c1-26-11-10-23-19(25)17-14-8-5-9-15(14)28-18(17)22-20(23)27-12-16(24)21-13-6-3-2-4-7-13/h2-4,6-7H,5,8-12H2,1H3,(H,21,24). The molecule has 0 spiro atoms. The third-order valence-corrected chi connectivity index (χ3v) is 6.86. The molecule has 0 unspecified atom stereocenters. The molecule has 0 aliphatic heterocycles. The van der Waals surface area contributed by atoms with Gasteiger partial charge in [0.2, 0.25) is 5.91 Å². The van der Waals surface area contributed by atoms with Gasteiger partial charge in [0.05, 0.1) is 24.3 Å². The first-order valence-electron chi connectivity index (χ1n) is 9.19. The lowest BCUT2D eigenvalue weighted by molar-refractivity contribution is -0.113. The Bertz CT molecular complexity index is 1060. The van der Waals surface area contributed by atoms with Gasteiger partial charge in [-0.05, 0) is 37.0 Å². The summed E-state index contributed by atoms with van der Waals surface area (Å²) in [5.41, 5.74) is 1.90. The van der Waals surface area contributed by atoms with Crippen LogP contribution in [0.15, 0.2) is 40.3 Å². The predicted molar refractivity (Wildman–Crippen MR) is 114 cm³/mol. The lowest BCUT2D eigenvalue weighted by atomic mass is 10.2. The van der Waals surface area contributed by atoms with Gasteiger partial charge in [0.15, 0.2) is 5.16 Å². The van der Waals surface area contributed by atoms with Crippen molar-refractivity contribution in [3.05, 3.63) is 51.1 Å². The van der Waals surface area contributed by atoms with Crippen LogP contribution in [-0.4, -0.2) is 34.9 Å². The van der Waals surface area contributed by atoms with Gasteiger partial charge in [0.25, 0.3) is 5.56 Å². The number of carbonyl (C=O) groups excluding carboxylic acids is 1. The Hall–Kier alpha value is -2.16. The predicted octanol–water partition coefficient (Wildman–Crippen LogP) is 3.32. The molecule has 0 radical (unpaired) electrons. The van der Waals surface area contributed by atoms with E-state index in [2.05, 4.69) is 5.32 Å². The minimum atomic E-state index is -0.127. The summed E-state index contributed by atoms with van der Waals surface area (Å²) in [6.45, 7) is 0.842. The number of benzene rings is 1. The molecule has 8 heteroatoms. The molecule has 1 aromatic carbocycles. The van der Waals surface area contributed by atoms with Crippen LogP contribution in [0.2, 0.25) is 0 Å². The van der Waals surface area contributed by atoms with Crippen molar-refractivity contribution in [1.82, 2.24) is 9.55 Å². The van der Waals surface area contributed by atoms with Gasteiger partial charge in [-0.1, -0.05) is 30.0 Å². The van der Waals surface area contributed by atoms with Gasteiger partial charge in [-0.2, -0.15) is 0 Å². The number of thioether (sulfide) groups is 1. The van der Waals surface area contributed by atoms with Crippen LogP contribution in [0.4, 0.5) is 5.69 Å². The molecule has 4 rings (SSSR count). The van der Waals surface area contributed by atoms with E-state index < -0.39 is 0 Å². The van der Waals surface area contributed by atoms with E-state index in [-0.39, 0.29) is 17.2 Å². The molecule has 0 atom stereocenters. The summed E-state index contributed by atoms with van der Waals surface area (Å²) >= 11 is 2.90. The third-order valence-electron chi connectivity index (χ3n) is 4.70. The molecule has 1 aliphatic carbocycles. The van der Waals surface area contributed by atoms with E-state index >= 15 is 0 Å². The van der Waals surface area contributed by atoms with E-state index in [4.69, 9.17) is 9.72 Å². The van der Waals surface area contributed by atoms with Gasteiger partial charge >= 0.3 is 0 Å². The third kappa shape index (κ3) is 3.85. The largest absolute Gasteiger partial charge is 0.383 e. The number of ether oxygens (including phenoxy) is 1. The Balaban J connectivity index is 1.60. The van der Waals surface area contributed by atoms with Crippen LogP contribution in [-0.2, 0) is 28.9 Å². The average molecular weight is 416 g/mol. The van der Waals surface area contributed by atoms with E-state index in [1.54, 1.807) is 23.0 Å². The molecule has 1 N–H and O–H groups in total. The minimum Gasteiger partial charge on any atom is -0.383 e. The smallest absolute Gasteiger partial charge is 0.263 e. The summed E-state index contributed by atoms with van der Waals surface area (Å²) < 4.78 is 6.82. The van der Waals surface area contributed by atoms with E-state index in [0.717, 1.165) is 35.2 Å². The van der Waals surface area contributed by atoms with Gasteiger partial charge in [0.1, 0.15) is 4.83 Å². The summed E-state index contributed by atoms with van der Waals surface area (Å²) in [5.74, 6) is 0.0581. The van der Waals surface area contributed by atoms with Crippen molar-refractivity contribution in [2.75, 3.05) is 24.8 Å². The molecule has 0 saturated carbocycles. The summed E-state index contributed by atoms with van der Waals surface area (Å²) in [6.07, 6.45) is 3.07. The van der Waals surface area contributed by atoms with Crippen LogP contribution in [0.25, 0.3) is 10.2 Å². The van der Waals surface area contributed by atoms with Crippen molar-refractivity contribution in [2.24, 2.45) is 0 Å². The van der Waals surface area contributed by atoms with Crippen molar-refractivity contribution in [1.29, 1.82) is 0 Å². The van der Waals surface area contributed by atoms with Crippen LogP contribution < -0.4 is 10.9 Å². The molecule has 0 fully saturated rings. The summed E-state index contributed by atoms with van der Waals surface area (Å²) in [5, 5.41) is 4.18. The fraction of sp³-hybridized carbons (Fsp3) is 0.350. The number of hydrogen-bond acceptors (Lipinski definition) is 6. The monoisotopic (exact) mass is 415 g/mol. The first-order valence-corrected chi connectivity index (χ1v) is 11.0. The second-order valence-electron chi connectivity index (χ2n) is 6.58. The zero-order valence-electron chi connectivity index (χ0n) is 15.6. The number of thiophene rings is 1. The van der Waals surface area contributed by atoms with E-state index in [9.17, 15) is 9.59 Å². The van der Waals surface area contributed by atoms with Crippen LogP contribution in [0.3, 0.4) is 0 Å². The maximum atomic E-state index is 13.2. The van der Waals surface area contributed by atoms with Crippen LogP contribution in [0.5, 0.6) is 0 Å². The topological polar surface area (TPSA) is 73.2 Å². The Morgan fingerprint density at radius 2 is 2.14 bits per heavy atom. The second kappa shape index (κ2) is 8.46. The SMILES string of the molecule is COCCn1c(SCC(=O)Nc2ccccc2)nc2sc3c(c2c1=O)CCC3. The molecular weight excluding hydrogens is 394 g/mol.